The molecule has 0 atom stereocenters. The Bertz CT molecular complexity index is 1240. The summed E-state index contributed by atoms with van der Waals surface area (Å²) in [6.07, 6.45) is 2.03. The maximum atomic E-state index is 13.1. The van der Waals surface area contributed by atoms with E-state index < -0.39 is 0 Å². The minimum absolute atomic E-state index is 0.0439. The summed E-state index contributed by atoms with van der Waals surface area (Å²) in [5, 5.41) is 3.59. The van der Waals surface area contributed by atoms with Crippen LogP contribution in [0.25, 0.3) is 0 Å². The van der Waals surface area contributed by atoms with Gasteiger partial charge in [0.05, 0.1) is 19.6 Å². The van der Waals surface area contributed by atoms with Crippen LogP contribution in [-0.2, 0) is 53.4 Å². The Morgan fingerprint density at radius 3 is 2.78 bits per heavy atom. The van der Waals surface area contributed by atoms with Crippen molar-refractivity contribution in [1.29, 1.82) is 0 Å². The van der Waals surface area contributed by atoms with Crippen molar-refractivity contribution in [3.8, 4) is 0 Å². The first-order valence-corrected chi connectivity index (χ1v) is 12.2. The van der Waals surface area contributed by atoms with E-state index in [4.69, 9.17) is 42.8 Å². The number of amides is 1. The first-order chi connectivity index (χ1) is 17.3. The predicted molar refractivity (Wildman–Crippen MR) is 137 cm³/mol. The first-order valence-electron chi connectivity index (χ1n) is 11.5. The highest BCUT2D eigenvalue weighted by molar-refractivity contribution is 6.30. The molecule has 0 bridgehead atoms. The second-order valence-electron chi connectivity index (χ2n) is 8.17. The van der Waals surface area contributed by atoms with E-state index in [0.29, 0.717) is 54.9 Å². The standard InChI is InChI=1S/C25H30Cl2N4O5/c1-16-5-7-31(8-6-21-24(27)36-23(30-21)15-35-10-9-34-2)25(33)20(16)12-22(32)29-14-18-11-19(26)4-3-17(18)13-28/h3-5,7,11H,6,8-10,12-15,28H2,1-2H3,(H,29,32). The van der Waals surface area contributed by atoms with Gasteiger partial charge in [-0.2, -0.15) is 0 Å². The predicted octanol–water partition coefficient (Wildman–Crippen LogP) is 3.17. The lowest BCUT2D eigenvalue weighted by Gasteiger charge is -2.12. The van der Waals surface area contributed by atoms with Crippen LogP contribution >= 0.6 is 23.2 Å². The summed E-state index contributed by atoms with van der Waals surface area (Å²) in [4.78, 5) is 30.1. The molecule has 1 aromatic carbocycles. The third-order valence-corrected chi connectivity index (χ3v) is 6.17. The van der Waals surface area contributed by atoms with Crippen molar-refractivity contribution in [3.05, 3.63) is 84.9 Å². The Balaban J connectivity index is 1.62. The Morgan fingerprint density at radius 1 is 1.22 bits per heavy atom. The van der Waals surface area contributed by atoms with Gasteiger partial charge in [0.15, 0.2) is 0 Å². The molecule has 9 nitrogen and oxygen atoms in total. The zero-order valence-electron chi connectivity index (χ0n) is 20.3. The van der Waals surface area contributed by atoms with Crippen LogP contribution < -0.4 is 16.6 Å². The summed E-state index contributed by atoms with van der Waals surface area (Å²) in [6, 6.07) is 7.18. The van der Waals surface area contributed by atoms with E-state index in [2.05, 4.69) is 10.3 Å². The Morgan fingerprint density at radius 2 is 2.03 bits per heavy atom. The Hall–Kier alpha value is -2.69. The van der Waals surface area contributed by atoms with Crippen LogP contribution in [0.4, 0.5) is 0 Å². The number of halogens is 2. The number of benzene rings is 1. The number of carbonyl (C=O) groups is 1. The topological polar surface area (TPSA) is 122 Å². The molecule has 0 saturated heterocycles. The smallest absolute Gasteiger partial charge is 0.254 e. The van der Waals surface area contributed by atoms with Crippen molar-refractivity contribution in [2.75, 3.05) is 20.3 Å². The SMILES string of the molecule is COCCOCc1nc(CCn2ccc(C)c(CC(=O)NCc3cc(Cl)ccc3CN)c2=O)c(Cl)o1. The Kier molecular flexibility index (Phi) is 10.5. The van der Waals surface area contributed by atoms with Gasteiger partial charge in [-0.15, -0.1) is 0 Å². The fraction of sp³-hybridized carbons (Fsp3) is 0.400. The van der Waals surface area contributed by atoms with Gasteiger partial charge in [-0.05, 0) is 53.4 Å². The number of nitrogens with two attached hydrogens (primary N) is 1. The van der Waals surface area contributed by atoms with Crippen molar-refractivity contribution in [3.63, 3.8) is 0 Å². The van der Waals surface area contributed by atoms with E-state index in [1.54, 1.807) is 30.0 Å². The molecule has 3 N–H and O–H groups in total. The molecule has 0 spiro atoms. The van der Waals surface area contributed by atoms with Gasteiger partial charge in [0.25, 0.3) is 5.56 Å². The summed E-state index contributed by atoms with van der Waals surface area (Å²) in [6.45, 7) is 3.79. The van der Waals surface area contributed by atoms with Crippen LogP contribution in [0, 0.1) is 6.92 Å². The molecule has 0 aliphatic carbocycles. The van der Waals surface area contributed by atoms with Gasteiger partial charge < -0.3 is 29.5 Å². The van der Waals surface area contributed by atoms with Crippen LogP contribution in [0.15, 0.2) is 39.7 Å². The number of methoxy groups -OCH3 is 1. The molecule has 36 heavy (non-hydrogen) atoms. The van der Waals surface area contributed by atoms with Crippen molar-refractivity contribution in [2.45, 2.75) is 46.0 Å². The molecule has 11 heteroatoms. The van der Waals surface area contributed by atoms with Gasteiger partial charge in [-0.3, -0.25) is 9.59 Å². The minimum atomic E-state index is -0.270. The third kappa shape index (κ3) is 7.65. The molecular formula is C25H30Cl2N4O5. The Labute approximate surface area is 219 Å². The molecule has 0 radical (unpaired) electrons. The maximum absolute atomic E-state index is 13.1. The molecule has 194 valence electrons. The zero-order chi connectivity index (χ0) is 26.1. The van der Waals surface area contributed by atoms with E-state index in [1.807, 2.05) is 19.1 Å². The van der Waals surface area contributed by atoms with Gasteiger partial charge in [0.2, 0.25) is 17.0 Å². The number of oxazole rings is 1. The van der Waals surface area contributed by atoms with Crippen LogP contribution in [0.2, 0.25) is 10.2 Å². The van der Waals surface area contributed by atoms with E-state index in [1.165, 1.54) is 0 Å². The van der Waals surface area contributed by atoms with Gasteiger partial charge in [0, 0.05) is 49.9 Å². The molecule has 0 unspecified atom stereocenters. The number of nitrogens with one attached hydrogen (secondary N) is 1. The zero-order valence-corrected chi connectivity index (χ0v) is 21.8. The number of nitrogens with zero attached hydrogens (tertiary/aromatic N) is 2. The van der Waals surface area contributed by atoms with Crippen LogP contribution in [0.3, 0.4) is 0 Å². The highest BCUT2D eigenvalue weighted by Gasteiger charge is 2.15. The van der Waals surface area contributed by atoms with Gasteiger partial charge >= 0.3 is 0 Å². The molecule has 3 aromatic rings. The van der Waals surface area contributed by atoms with Crippen molar-refractivity contribution < 1.29 is 18.7 Å². The summed E-state index contributed by atoms with van der Waals surface area (Å²) in [5.41, 5.74) is 8.98. The lowest BCUT2D eigenvalue weighted by atomic mass is 10.1. The van der Waals surface area contributed by atoms with Crippen LogP contribution in [0.1, 0.15) is 33.8 Å². The summed E-state index contributed by atoms with van der Waals surface area (Å²) < 4.78 is 17.3. The number of carbonyl (C=O) groups excluding carboxylic acids is 1. The molecule has 3 rings (SSSR count). The number of aryl methyl sites for hydroxylation is 3. The van der Waals surface area contributed by atoms with Gasteiger partial charge in [-0.1, -0.05) is 17.7 Å². The molecule has 0 fully saturated rings. The highest BCUT2D eigenvalue weighted by Crippen LogP contribution is 2.19. The molecule has 0 aliphatic heterocycles. The molecule has 2 heterocycles. The number of pyridine rings is 1. The fourth-order valence-electron chi connectivity index (χ4n) is 3.60. The lowest BCUT2D eigenvalue weighted by Crippen LogP contribution is -2.31. The minimum Gasteiger partial charge on any atom is -0.426 e. The molecule has 1 amide bonds. The molecular weight excluding hydrogens is 507 g/mol. The quantitative estimate of drug-likeness (QED) is 0.321. The van der Waals surface area contributed by atoms with E-state index in [0.717, 1.165) is 16.7 Å². The summed E-state index contributed by atoms with van der Waals surface area (Å²) in [5.74, 6) is 0.0887. The average molecular weight is 537 g/mol. The number of aromatic nitrogens is 2. The normalized spacial score (nSPS) is 11.1. The van der Waals surface area contributed by atoms with Crippen molar-refractivity contribution >= 4 is 29.1 Å². The van der Waals surface area contributed by atoms with Crippen molar-refractivity contribution in [2.24, 2.45) is 5.73 Å². The number of hydrogen-bond acceptors (Lipinski definition) is 7. The summed E-state index contributed by atoms with van der Waals surface area (Å²) in [7, 11) is 1.59. The van der Waals surface area contributed by atoms with Crippen LogP contribution in [0.5, 0.6) is 0 Å². The highest BCUT2D eigenvalue weighted by atomic mass is 35.5. The summed E-state index contributed by atoms with van der Waals surface area (Å²) >= 11 is 12.2. The van der Waals surface area contributed by atoms with Gasteiger partial charge in [0.1, 0.15) is 12.3 Å². The van der Waals surface area contributed by atoms with E-state index >= 15 is 0 Å². The van der Waals surface area contributed by atoms with E-state index in [9.17, 15) is 9.59 Å². The lowest BCUT2D eigenvalue weighted by molar-refractivity contribution is -0.120. The molecule has 2 aromatic heterocycles. The number of rotatable bonds is 13. The number of hydrogen-bond donors (Lipinski definition) is 2. The monoisotopic (exact) mass is 536 g/mol. The molecule has 0 saturated carbocycles. The van der Waals surface area contributed by atoms with Gasteiger partial charge in [-0.25, -0.2) is 4.98 Å². The molecule has 0 aliphatic rings. The van der Waals surface area contributed by atoms with Crippen molar-refractivity contribution in [1.82, 2.24) is 14.9 Å². The number of ether oxygens (including phenoxy) is 2. The third-order valence-electron chi connectivity index (χ3n) is 5.64. The first kappa shape index (κ1) is 27.9. The van der Waals surface area contributed by atoms with Crippen LogP contribution in [-0.4, -0.2) is 35.8 Å². The fourth-order valence-corrected chi connectivity index (χ4v) is 4.02. The second kappa shape index (κ2) is 13.6. The second-order valence-corrected chi connectivity index (χ2v) is 8.95. The average Bonchev–Trinajstić information content (AvgIpc) is 3.21. The maximum Gasteiger partial charge on any atom is 0.254 e. The van der Waals surface area contributed by atoms with E-state index in [-0.39, 0.29) is 36.3 Å². The largest absolute Gasteiger partial charge is 0.426 e.